The van der Waals surface area contributed by atoms with Crippen molar-refractivity contribution in [3.05, 3.63) is 0 Å². The monoisotopic (exact) mass is 124 g/mol. The van der Waals surface area contributed by atoms with E-state index in [-0.39, 0.29) is 14.9 Å². The first kappa shape index (κ1) is 15.7. The quantitative estimate of drug-likeness (QED) is 0.512. The third-order valence-electron chi connectivity index (χ3n) is 0.322. The first-order valence-electron chi connectivity index (χ1n) is 1.69. The molecule has 0 saturated heterocycles. The Kier molecular flexibility index (Phi) is 36.1. The molecule has 0 heterocycles. The summed E-state index contributed by atoms with van der Waals surface area (Å²) in [5.74, 6) is 0. The molecule has 0 aliphatic rings. The number of rotatable bonds is 2. The Morgan fingerprint density at radius 3 is 1.86 bits per heavy atom. The highest BCUT2D eigenvalue weighted by atomic mass is 31.0. The van der Waals surface area contributed by atoms with Gasteiger partial charge >= 0.3 is 0 Å². The Bertz CT molecular complexity index is 15.6. The molecule has 0 aromatic carbocycles. The van der Waals surface area contributed by atoms with Crippen LogP contribution in [0, 0.1) is 0 Å². The van der Waals surface area contributed by atoms with Gasteiger partial charge in [0.25, 0.3) is 0 Å². The minimum Gasteiger partial charge on any atom is -0.378 e. The highest BCUT2D eigenvalue weighted by Gasteiger charge is 1.63. The van der Waals surface area contributed by atoms with Crippen LogP contribution in [0.3, 0.4) is 0 Å². The van der Waals surface area contributed by atoms with Gasteiger partial charge in [0, 0.05) is 6.61 Å². The van der Waals surface area contributed by atoms with E-state index in [0.717, 1.165) is 13.0 Å². The van der Waals surface area contributed by atoms with Crippen molar-refractivity contribution >= 4 is 9.24 Å². The Hall–Kier alpha value is 0.390. The number of hydrogen-bond acceptors (Lipinski definition) is 1. The van der Waals surface area contributed by atoms with Crippen LogP contribution in [0.1, 0.15) is 21.8 Å². The molecule has 0 aromatic rings. The first-order valence-corrected chi connectivity index (χ1v) is 2.51. The van der Waals surface area contributed by atoms with Crippen LogP contribution in [-0.2, 0) is 4.74 Å². The highest BCUT2D eigenvalue weighted by molar-refractivity contribution is 7.16. The lowest BCUT2D eigenvalue weighted by atomic mass is 10.9. The molecule has 1 unspecified atom stereocenters. The van der Waals surface area contributed by atoms with E-state index in [1.165, 1.54) is 0 Å². The lowest BCUT2D eigenvalue weighted by molar-refractivity contribution is 0.198. The third kappa shape index (κ3) is 21.6. The molecular formula is C5H17OP. The molecule has 0 aliphatic heterocycles. The molecule has 0 radical (unpaired) electrons. The summed E-state index contributed by atoms with van der Waals surface area (Å²) < 4.78 is 4.80. The van der Waals surface area contributed by atoms with Gasteiger partial charge in [-0.1, -0.05) is 14.9 Å². The molecule has 0 bridgehead atoms. The molecule has 0 aromatic heterocycles. The van der Waals surface area contributed by atoms with Crippen molar-refractivity contribution < 1.29 is 4.74 Å². The summed E-state index contributed by atoms with van der Waals surface area (Å²) in [6, 6.07) is 0. The van der Waals surface area contributed by atoms with Gasteiger partial charge in [-0.25, -0.2) is 0 Å². The number of ether oxygens (including phenoxy) is 1. The molecule has 48 valence electrons. The topological polar surface area (TPSA) is 9.23 Å². The molecule has 1 atom stereocenters. The van der Waals surface area contributed by atoms with E-state index in [0.29, 0.717) is 0 Å². The molecule has 0 saturated carbocycles. The standard InChI is InChI=1S/C3H9OP.2CH4/c1-2-4-3-5;;/h2-3,5H2,1H3;2*1H4. The van der Waals surface area contributed by atoms with Crippen molar-refractivity contribution in [2.45, 2.75) is 21.8 Å². The van der Waals surface area contributed by atoms with Crippen molar-refractivity contribution in [2.24, 2.45) is 0 Å². The maximum Gasteiger partial charge on any atom is 0.0602 e. The second kappa shape index (κ2) is 16.2. The molecule has 0 spiro atoms. The normalized spacial score (nSPS) is 6.00. The lowest BCUT2D eigenvalue weighted by Gasteiger charge is -1.86. The summed E-state index contributed by atoms with van der Waals surface area (Å²) in [4.78, 5) is 0. The summed E-state index contributed by atoms with van der Waals surface area (Å²) >= 11 is 0. The van der Waals surface area contributed by atoms with Gasteiger partial charge in [-0.05, 0) is 6.92 Å². The van der Waals surface area contributed by atoms with Crippen LogP contribution in [0.5, 0.6) is 0 Å². The summed E-state index contributed by atoms with van der Waals surface area (Å²) in [5, 5.41) is 0. The Balaban J connectivity index is -0.0000000800. The minimum atomic E-state index is 0. The largest absolute Gasteiger partial charge is 0.378 e. The smallest absolute Gasteiger partial charge is 0.0602 e. The molecule has 0 rings (SSSR count). The average molecular weight is 124 g/mol. The molecule has 0 aliphatic carbocycles. The second-order valence-corrected chi connectivity index (χ2v) is 0.993. The van der Waals surface area contributed by atoms with E-state index in [4.69, 9.17) is 4.74 Å². The van der Waals surface area contributed by atoms with Crippen LogP contribution in [0.4, 0.5) is 0 Å². The molecule has 2 heteroatoms. The predicted octanol–water partition coefficient (Wildman–Crippen LogP) is 2.13. The average Bonchev–Trinajstić information content (AvgIpc) is 1.41. The Labute approximate surface area is 49.7 Å². The van der Waals surface area contributed by atoms with Crippen molar-refractivity contribution in [2.75, 3.05) is 13.0 Å². The fourth-order valence-electron chi connectivity index (χ4n) is 0.118. The van der Waals surface area contributed by atoms with Gasteiger partial charge in [0.2, 0.25) is 0 Å². The van der Waals surface area contributed by atoms with E-state index in [1.54, 1.807) is 0 Å². The summed E-state index contributed by atoms with van der Waals surface area (Å²) in [6.07, 6.45) is 0.760. The van der Waals surface area contributed by atoms with Crippen molar-refractivity contribution in [1.82, 2.24) is 0 Å². The van der Waals surface area contributed by atoms with E-state index in [1.807, 2.05) is 6.92 Å². The van der Waals surface area contributed by atoms with Crippen LogP contribution < -0.4 is 0 Å². The van der Waals surface area contributed by atoms with Gasteiger partial charge in [-0.2, -0.15) is 0 Å². The second-order valence-electron chi connectivity index (χ2n) is 0.659. The summed E-state index contributed by atoms with van der Waals surface area (Å²) in [7, 11) is 2.48. The van der Waals surface area contributed by atoms with Crippen LogP contribution in [0.25, 0.3) is 0 Å². The maximum atomic E-state index is 4.80. The van der Waals surface area contributed by atoms with Crippen LogP contribution in [0.15, 0.2) is 0 Å². The van der Waals surface area contributed by atoms with Gasteiger partial charge in [0.15, 0.2) is 0 Å². The zero-order valence-corrected chi connectivity index (χ0v) is 4.55. The highest BCUT2D eigenvalue weighted by Crippen LogP contribution is 1.78. The fourth-order valence-corrected chi connectivity index (χ4v) is 0.354. The predicted molar refractivity (Wildman–Crippen MR) is 39.7 cm³/mol. The number of hydrogen-bond donors (Lipinski definition) is 0. The van der Waals surface area contributed by atoms with E-state index in [2.05, 4.69) is 9.24 Å². The van der Waals surface area contributed by atoms with E-state index in [9.17, 15) is 0 Å². The SMILES string of the molecule is C.C.CCOCP. The summed E-state index contributed by atoms with van der Waals surface area (Å²) in [6.45, 7) is 2.80. The van der Waals surface area contributed by atoms with Crippen LogP contribution in [0.2, 0.25) is 0 Å². The molecule has 0 N–H and O–H groups in total. The van der Waals surface area contributed by atoms with E-state index < -0.39 is 0 Å². The van der Waals surface area contributed by atoms with Gasteiger partial charge in [0.1, 0.15) is 0 Å². The van der Waals surface area contributed by atoms with Gasteiger partial charge in [-0.15, -0.1) is 9.24 Å². The molecule has 7 heavy (non-hydrogen) atoms. The fraction of sp³-hybridized carbons (Fsp3) is 1.00. The van der Waals surface area contributed by atoms with Crippen molar-refractivity contribution in [3.63, 3.8) is 0 Å². The molecule has 0 fully saturated rings. The van der Waals surface area contributed by atoms with Crippen molar-refractivity contribution in [1.29, 1.82) is 0 Å². The Morgan fingerprint density at radius 2 is 1.86 bits per heavy atom. The first-order chi connectivity index (χ1) is 2.41. The third-order valence-corrected chi connectivity index (χ3v) is 0.558. The minimum absolute atomic E-state index is 0. The van der Waals surface area contributed by atoms with Crippen LogP contribution in [-0.4, -0.2) is 13.0 Å². The lowest BCUT2D eigenvalue weighted by Crippen LogP contribution is -1.80. The van der Waals surface area contributed by atoms with Gasteiger partial charge in [0.05, 0.1) is 6.35 Å². The van der Waals surface area contributed by atoms with Crippen molar-refractivity contribution in [3.8, 4) is 0 Å². The zero-order valence-electron chi connectivity index (χ0n) is 3.40. The molecular weight excluding hydrogens is 107 g/mol. The van der Waals surface area contributed by atoms with Gasteiger partial charge < -0.3 is 4.74 Å². The van der Waals surface area contributed by atoms with E-state index >= 15 is 0 Å². The molecule has 1 nitrogen and oxygen atoms in total. The van der Waals surface area contributed by atoms with Gasteiger partial charge in [-0.3, -0.25) is 0 Å². The van der Waals surface area contributed by atoms with Crippen LogP contribution >= 0.6 is 9.24 Å². The molecule has 0 amide bonds. The zero-order chi connectivity index (χ0) is 4.12. The maximum absolute atomic E-state index is 4.80. The summed E-state index contributed by atoms with van der Waals surface area (Å²) in [5.41, 5.74) is 0. The Morgan fingerprint density at radius 1 is 1.43 bits per heavy atom.